The van der Waals surface area contributed by atoms with Gasteiger partial charge in [0, 0.05) is 12.6 Å². The summed E-state index contributed by atoms with van der Waals surface area (Å²) in [5.41, 5.74) is 4.23. The van der Waals surface area contributed by atoms with E-state index in [0.29, 0.717) is 6.04 Å². The molecule has 0 aliphatic carbocycles. The second-order valence-corrected chi connectivity index (χ2v) is 6.36. The van der Waals surface area contributed by atoms with Gasteiger partial charge in [0.1, 0.15) is 0 Å². The molecular formula is C16H25NO. The molecule has 1 aliphatic rings. The van der Waals surface area contributed by atoms with Gasteiger partial charge in [0.2, 0.25) is 0 Å². The standard InChI is InChI=1S/C16H25NO/c1-11-6-7-13(16(3,4)5)10-14(11)15-12(2)17-8-9-18-15/h6-7,10,12,15,17H,8-9H2,1-5H3. The first-order valence-corrected chi connectivity index (χ1v) is 6.85. The van der Waals surface area contributed by atoms with E-state index >= 15 is 0 Å². The Morgan fingerprint density at radius 2 is 2.00 bits per heavy atom. The molecule has 0 aromatic heterocycles. The number of benzene rings is 1. The van der Waals surface area contributed by atoms with Crippen LogP contribution in [0.15, 0.2) is 18.2 Å². The molecule has 1 fully saturated rings. The summed E-state index contributed by atoms with van der Waals surface area (Å²) in [6.07, 6.45) is 0.182. The smallest absolute Gasteiger partial charge is 0.0978 e. The lowest BCUT2D eigenvalue weighted by Gasteiger charge is -2.32. The summed E-state index contributed by atoms with van der Waals surface area (Å²) in [6, 6.07) is 7.16. The van der Waals surface area contributed by atoms with Gasteiger partial charge in [0.25, 0.3) is 0 Å². The molecule has 2 nitrogen and oxygen atoms in total. The summed E-state index contributed by atoms with van der Waals surface area (Å²) in [5.74, 6) is 0. The van der Waals surface area contributed by atoms with E-state index in [4.69, 9.17) is 4.74 Å². The molecule has 100 valence electrons. The van der Waals surface area contributed by atoms with E-state index in [1.807, 2.05) is 0 Å². The number of morpholine rings is 1. The number of hydrogen-bond acceptors (Lipinski definition) is 2. The van der Waals surface area contributed by atoms with Gasteiger partial charge in [-0.05, 0) is 36.0 Å². The Labute approximate surface area is 111 Å². The zero-order valence-corrected chi connectivity index (χ0v) is 12.2. The summed E-state index contributed by atoms with van der Waals surface area (Å²) in [6.45, 7) is 12.9. The van der Waals surface area contributed by atoms with E-state index in [9.17, 15) is 0 Å². The molecule has 1 heterocycles. The van der Waals surface area contributed by atoms with Crippen molar-refractivity contribution in [3.05, 3.63) is 34.9 Å². The van der Waals surface area contributed by atoms with Crippen molar-refractivity contribution in [3.63, 3.8) is 0 Å². The van der Waals surface area contributed by atoms with Crippen molar-refractivity contribution in [2.75, 3.05) is 13.2 Å². The first kappa shape index (κ1) is 13.6. The minimum Gasteiger partial charge on any atom is -0.371 e. The van der Waals surface area contributed by atoms with Gasteiger partial charge in [-0.3, -0.25) is 0 Å². The fourth-order valence-corrected chi connectivity index (χ4v) is 2.50. The molecular weight excluding hydrogens is 222 g/mol. The van der Waals surface area contributed by atoms with E-state index in [0.717, 1.165) is 13.2 Å². The Morgan fingerprint density at radius 1 is 1.28 bits per heavy atom. The summed E-state index contributed by atoms with van der Waals surface area (Å²) in [7, 11) is 0. The lowest BCUT2D eigenvalue weighted by Crippen LogP contribution is -2.41. The zero-order valence-electron chi connectivity index (χ0n) is 12.2. The predicted octanol–water partition coefficient (Wildman–Crippen LogP) is 3.34. The molecule has 0 bridgehead atoms. The van der Waals surface area contributed by atoms with E-state index in [-0.39, 0.29) is 11.5 Å². The van der Waals surface area contributed by atoms with Crippen LogP contribution in [-0.4, -0.2) is 19.2 Å². The topological polar surface area (TPSA) is 21.3 Å². The Bertz CT molecular complexity index is 420. The van der Waals surface area contributed by atoms with Crippen molar-refractivity contribution in [1.82, 2.24) is 5.32 Å². The van der Waals surface area contributed by atoms with Crippen molar-refractivity contribution in [2.24, 2.45) is 0 Å². The van der Waals surface area contributed by atoms with E-state index in [1.165, 1.54) is 16.7 Å². The van der Waals surface area contributed by atoms with Crippen molar-refractivity contribution in [2.45, 2.75) is 52.2 Å². The molecule has 18 heavy (non-hydrogen) atoms. The first-order valence-electron chi connectivity index (χ1n) is 6.85. The third-order valence-corrected chi connectivity index (χ3v) is 3.77. The van der Waals surface area contributed by atoms with Crippen molar-refractivity contribution in [1.29, 1.82) is 0 Å². The molecule has 0 amide bonds. The number of hydrogen-bond donors (Lipinski definition) is 1. The monoisotopic (exact) mass is 247 g/mol. The summed E-state index contributed by atoms with van der Waals surface area (Å²) >= 11 is 0. The lowest BCUT2D eigenvalue weighted by atomic mass is 9.84. The van der Waals surface area contributed by atoms with Crippen LogP contribution >= 0.6 is 0 Å². The predicted molar refractivity (Wildman–Crippen MR) is 76.0 cm³/mol. The molecule has 0 radical (unpaired) electrons. The quantitative estimate of drug-likeness (QED) is 0.822. The molecule has 2 unspecified atom stereocenters. The summed E-state index contributed by atoms with van der Waals surface area (Å²) in [4.78, 5) is 0. The Hall–Kier alpha value is -0.860. The Balaban J connectivity index is 2.37. The van der Waals surface area contributed by atoms with Crippen LogP contribution in [0.4, 0.5) is 0 Å². The highest BCUT2D eigenvalue weighted by atomic mass is 16.5. The molecule has 2 atom stereocenters. The maximum atomic E-state index is 5.96. The van der Waals surface area contributed by atoms with Crippen LogP contribution in [0.5, 0.6) is 0 Å². The van der Waals surface area contributed by atoms with E-state index in [1.54, 1.807) is 0 Å². The Kier molecular flexibility index (Phi) is 3.79. The van der Waals surface area contributed by atoms with Gasteiger partial charge in [-0.1, -0.05) is 39.0 Å². The molecule has 1 aliphatic heterocycles. The molecule has 2 heteroatoms. The van der Waals surface area contributed by atoms with Crippen LogP contribution in [0.2, 0.25) is 0 Å². The summed E-state index contributed by atoms with van der Waals surface area (Å²) in [5, 5.41) is 3.49. The van der Waals surface area contributed by atoms with Crippen LogP contribution in [0, 0.1) is 6.92 Å². The highest BCUT2D eigenvalue weighted by Gasteiger charge is 2.26. The number of rotatable bonds is 1. The van der Waals surface area contributed by atoms with Crippen molar-refractivity contribution in [3.8, 4) is 0 Å². The van der Waals surface area contributed by atoms with Crippen LogP contribution in [0.25, 0.3) is 0 Å². The van der Waals surface area contributed by atoms with E-state index < -0.39 is 0 Å². The normalized spacial score (nSPS) is 25.2. The van der Waals surface area contributed by atoms with E-state index in [2.05, 4.69) is 58.1 Å². The molecule has 1 N–H and O–H groups in total. The third kappa shape index (κ3) is 2.76. The average Bonchev–Trinajstić information content (AvgIpc) is 2.29. The molecule has 1 saturated heterocycles. The van der Waals surface area contributed by atoms with Gasteiger partial charge >= 0.3 is 0 Å². The van der Waals surface area contributed by atoms with Crippen LogP contribution in [0.3, 0.4) is 0 Å². The van der Waals surface area contributed by atoms with Crippen molar-refractivity contribution >= 4 is 0 Å². The SMILES string of the molecule is Cc1ccc(C(C)(C)C)cc1C1OCCNC1C. The van der Waals surface area contributed by atoms with Crippen LogP contribution < -0.4 is 5.32 Å². The van der Waals surface area contributed by atoms with Gasteiger partial charge in [-0.15, -0.1) is 0 Å². The summed E-state index contributed by atoms with van der Waals surface area (Å²) < 4.78 is 5.96. The number of aryl methyl sites for hydroxylation is 1. The maximum Gasteiger partial charge on any atom is 0.0978 e. The van der Waals surface area contributed by atoms with Crippen LogP contribution in [0.1, 0.15) is 50.5 Å². The number of ether oxygens (including phenoxy) is 1. The highest BCUT2D eigenvalue weighted by Crippen LogP contribution is 2.31. The minimum absolute atomic E-state index is 0.182. The molecule has 2 rings (SSSR count). The fraction of sp³-hybridized carbons (Fsp3) is 0.625. The lowest BCUT2D eigenvalue weighted by molar-refractivity contribution is -0.000656. The van der Waals surface area contributed by atoms with Gasteiger partial charge < -0.3 is 10.1 Å². The average molecular weight is 247 g/mol. The van der Waals surface area contributed by atoms with Crippen LogP contribution in [-0.2, 0) is 10.2 Å². The van der Waals surface area contributed by atoms with Gasteiger partial charge in [0.05, 0.1) is 12.7 Å². The molecule has 1 aromatic rings. The largest absolute Gasteiger partial charge is 0.371 e. The third-order valence-electron chi connectivity index (χ3n) is 3.77. The molecule has 1 aromatic carbocycles. The maximum absolute atomic E-state index is 5.96. The Morgan fingerprint density at radius 3 is 2.61 bits per heavy atom. The zero-order chi connectivity index (χ0) is 13.3. The molecule has 0 spiro atoms. The van der Waals surface area contributed by atoms with Crippen molar-refractivity contribution < 1.29 is 4.74 Å². The second kappa shape index (κ2) is 5.02. The second-order valence-electron chi connectivity index (χ2n) is 6.36. The van der Waals surface area contributed by atoms with Gasteiger partial charge in [-0.25, -0.2) is 0 Å². The fourth-order valence-electron chi connectivity index (χ4n) is 2.50. The van der Waals surface area contributed by atoms with Gasteiger partial charge in [0.15, 0.2) is 0 Å². The first-order chi connectivity index (χ1) is 8.39. The minimum atomic E-state index is 0.182. The van der Waals surface area contributed by atoms with Gasteiger partial charge in [-0.2, -0.15) is 0 Å². The highest BCUT2D eigenvalue weighted by molar-refractivity contribution is 5.36. The number of nitrogens with one attached hydrogen (secondary N) is 1. The molecule has 0 saturated carbocycles.